The van der Waals surface area contributed by atoms with Crippen LogP contribution in [0.5, 0.6) is 0 Å². The zero-order chi connectivity index (χ0) is 17.9. The van der Waals surface area contributed by atoms with E-state index >= 15 is 0 Å². The Kier molecular flexibility index (Phi) is 4.48. The molecule has 0 radical (unpaired) electrons. The van der Waals surface area contributed by atoms with Crippen LogP contribution >= 0.6 is 0 Å². The van der Waals surface area contributed by atoms with E-state index in [1.165, 1.54) is 0 Å². The predicted molar refractivity (Wildman–Crippen MR) is 98.7 cm³/mol. The number of nitrogens with one attached hydrogen (secondary N) is 1. The van der Waals surface area contributed by atoms with Gasteiger partial charge in [-0.3, -0.25) is 14.9 Å². The number of carbonyl (C=O) groups is 1. The van der Waals surface area contributed by atoms with E-state index < -0.39 is 0 Å². The minimum atomic E-state index is 0.0324. The third kappa shape index (κ3) is 3.35. The van der Waals surface area contributed by atoms with Crippen LogP contribution in [0, 0.1) is 6.92 Å². The molecule has 0 unspecified atom stereocenters. The second kappa shape index (κ2) is 7.07. The molecule has 26 heavy (non-hydrogen) atoms. The predicted octanol–water partition coefficient (Wildman–Crippen LogP) is 3.19. The highest BCUT2D eigenvalue weighted by Crippen LogP contribution is 2.27. The fourth-order valence-electron chi connectivity index (χ4n) is 3.33. The van der Waals surface area contributed by atoms with Crippen molar-refractivity contribution >= 4 is 5.91 Å². The van der Waals surface area contributed by atoms with E-state index in [0.29, 0.717) is 17.9 Å². The van der Waals surface area contributed by atoms with Gasteiger partial charge in [-0.1, -0.05) is 30.3 Å². The minimum absolute atomic E-state index is 0.0324. The molecule has 1 aliphatic heterocycles. The molecule has 6 heteroatoms. The van der Waals surface area contributed by atoms with Gasteiger partial charge in [-0.2, -0.15) is 5.10 Å². The van der Waals surface area contributed by atoms with Gasteiger partial charge < -0.3 is 4.90 Å². The van der Waals surface area contributed by atoms with Crippen LogP contribution in [0.2, 0.25) is 0 Å². The maximum Gasteiger partial charge on any atom is 0.255 e. The quantitative estimate of drug-likeness (QED) is 0.789. The first kappa shape index (κ1) is 16.4. The van der Waals surface area contributed by atoms with E-state index in [4.69, 9.17) is 0 Å². The van der Waals surface area contributed by atoms with Gasteiger partial charge in [-0.05, 0) is 31.9 Å². The molecule has 1 aromatic carbocycles. The molecule has 1 aliphatic rings. The summed E-state index contributed by atoms with van der Waals surface area (Å²) in [4.78, 5) is 23.5. The van der Waals surface area contributed by atoms with Crippen molar-refractivity contribution in [3.05, 3.63) is 65.7 Å². The largest absolute Gasteiger partial charge is 0.338 e. The first-order valence-electron chi connectivity index (χ1n) is 8.90. The second-order valence-corrected chi connectivity index (χ2v) is 6.69. The average molecular weight is 347 g/mol. The lowest BCUT2D eigenvalue weighted by Gasteiger charge is -2.31. The van der Waals surface area contributed by atoms with Crippen LogP contribution in [0.4, 0.5) is 0 Å². The van der Waals surface area contributed by atoms with E-state index in [2.05, 4.69) is 20.2 Å². The maximum atomic E-state index is 12.8. The Labute approximate surface area is 152 Å². The van der Waals surface area contributed by atoms with Crippen LogP contribution in [-0.4, -0.2) is 44.1 Å². The Morgan fingerprint density at radius 1 is 1.19 bits per heavy atom. The Morgan fingerprint density at radius 3 is 2.81 bits per heavy atom. The van der Waals surface area contributed by atoms with Crippen molar-refractivity contribution in [2.45, 2.75) is 25.7 Å². The molecule has 4 rings (SSSR count). The monoisotopic (exact) mass is 347 g/mol. The molecular formula is C20H21N5O. The van der Waals surface area contributed by atoms with Gasteiger partial charge >= 0.3 is 0 Å². The number of amides is 1. The Bertz CT molecular complexity index is 888. The molecule has 1 amide bonds. The summed E-state index contributed by atoms with van der Waals surface area (Å²) >= 11 is 0. The number of aromatic amines is 1. The van der Waals surface area contributed by atoms with Crippen LogP contribution in [-0.2, 0) is 0 Å². The maximum absolute atomic E-state index is 12.8. The fraction of sp³-hybridized carbons (Fsp3) is 0.300. The zero-order valence-corrected chi connectivity index (χ0v) is 14.7. The summed E-state index contributed by atoms with van der Waals surface area (Å²) in [6.45, 7) is 3.33. The summed E-state index contributed by atoms with van der Waals surface area (Å²) in [6.07, 6.45) is 3.61. The van der Waals surface area contributed by atoms with Gasteiger partial charge in [0.05, 0.1) is 5.56 Å². The van der Waals surface area contributed by atoms with E-state index in [0.717, 1.165) is 36.5 Å². The molecule has 0 aliphatic carbocycles. The molecule has 1 atom stereocenters. The van der Waals surface area contributed by atoms with Crippen LogP contribution in [0.25, 0.3) is 11.4 Å². The highest BCUT2D eigenvalue weighted by atomic mass is 16.2. The first-order valence-corrected chi connectivity index (χ1v) is 8.90. The van der Waals surface area contributed by atoms with Crippen LogP contribution in [0.1, 0.15) is 40.6 Å². The number of rotatable bonds is 3. The molecule has 3 heterocycles. The normalized spacial score (nSPS) is 17.3. The number of carbonyl (C=O) groups excluding carboxylic acids is 1. The molecule has 1 N–H and O–H groups in total. The van der Waals surface area contributed by atoms with Gasteiger partial charge in [-0.25, -0.2) is 4.98 Å². The Morgan fingerprint density at radius 2 is 2.04 bits per heavy atom. The number of piperidine rings is 1. The van der Waals surface area contributed by atoms with Gasteiger partial charge in [-0.15, -0.1) is 0 Å². The van der Waals surface area contributed by atoms with E-state index in [1.54, 1.807) is 6.20 Å². The summed E-state index contributed by atoms with van der Waals surface area (Å²) in [5.74, 6) is 1.76. The number of aromatic nitrogens is 4. The van der Waals surface area contributed by atoms with Gasteiger partial charge in [0, 0.05) is 36.5 Å². The first-order chi connectivity index (χ1) is 12.7. The highest BCUT2D eigenvalue weighted by Gasteiger charge is 2.27. The lowest BCUT2D eigenvalue weighted by Crippen LogP contribution is -2.39. The van der Waals surface area contributed by atoms with Crippen molar-refractivity contribution in [3.8, 4) is 11.4 Å². The van der Waals surface area contributed by atoms with Gasteiger partial charge in [0.15, 0.2) is 5.82 Å². The average Bonchev–Trinajstić information content (AvgIpc) is 3.19. The molecule has 2 aromatic heterocycles. The number of likely N-dealkylation sites (tertiary alicyclic amines) is 1. The standard InChI is InChI=1S/C20H21N5O/c1-14-9-10-16(12-21-14)20(26)25-11-5-8-17(13-25)19-22-18(23-24-19)15-6-3-2-4-7-15/h2-4,6-7,9-10,12,17H,5,8,11,13H2,1H3,(H,22,23,24)/t17-/m0/s1. The number of nitrogens with zero attached hydrogens (tertiary/aromatic N) is 4. The summed E-state index contributed by atoms with van der Waals surface area (Å²) < 4.78 is 0. The molecule has 0 saturated carbocycles. The molecule has 0 spiro atoms. The summed E-state index contributed by atoms with van der Waals surface area (Å²) in [5.41, 5.74) is 2.54. The van der Waals surface area contributed by atoms with Gasteiger partial charge in [0.2, 0.25) is 0 Å². The minimum Gasteiger partial charge on any atom is -0.338 e. The smallest absolute Gasteiger partial charge is 0.255 e. The van der Waals surface area contributed by atoms with Crippen molar-refractivity contribution in [3.63, 3.8) is 0 Å². The second-order valence-electron chi connectivity index (χ2n) is 6.69. The van der Waals surface area contributed by atoms with Crippen LogP contribution in [0.3, 0.4) is 0 Å². The van der Waals surface area contributed by atoms with Crippen molar-refractivity contribution in [2.24, 2.45) is 0 Å². The molecular weight excluding hydrogens is 326 g/mol. The number of hydrogen-bond acceptors (Lipinski definition) is 4. The summed E-state index contributed by atoms with van der Waals surface area (Å²) in [5, 5.41) is 7.42. The topological polar surface area (TPSA) is 74.8 Å². The van der Waals surface area contributed by atoms with Crippen molar-refractivity contribution in [1.82, 2.24) is 25.1 Å². The molecule has 1 fully saturated rings. The van der Waals surface area contributed by atoms with Crippen molar-refractivity contribution in [2.75, 3.05) is 13.1 Å². The lowest BCUT2D eigenvalue weighted by atomic mass is 9.97. The summed E-state index contributed by atoms with van der Waals surface area (Å²) in [6, 6.07) is 13.6. The number of pyridine rings is 1. The van der Waals surface area contributed by atoms with E-state index in [1.807, 2.05) is 54.3 Å². The number of hydrogen-bond donors (Lipinski definition) is 1. The summed E-state index contributed by atoms with van der Waals surface area (Å²) in [7, 11) is 0. The molecule has 0 bridgehead atoms. The lowest BCUT2D eigenvalue weighted by molar-refractivity contribution is 0.0704. The number of H-pyrrole nitrogens is 1. The van der Waals surface area contributed by atoms with Crippen LogP contribution < -0.4 is 0 Å². The third-order valence-corrected chi connectivity index (χ3v) is 4.79. The zero-order valence-electron chi connectivity index (χ0n) is 14.7. The van der Waals surface area contributed by atoms with Gasteiger partial charge in [0.1, 0.15) is 5.82 Å². The fourth-order valence-corrected chi connectivity index (χ4v) is 3.33. The third-order valence-electron chi connectivity index (χ3n) is 4.79. The van der Waals surface area contributed by atoms with E-state index in [9.17, 15) is 4.79 Å². The molecule has 3 aromatic rings. The van der Waals surface area contributed by atoms with Gasteiger partial charge in [0.25, 0.3) is 5.91 Å². The molecule has 6 nitrogen and oxygen atoms in total. The number of aryl methyl sites for hydroxylation is 1. The molecule has 1 saturated heterocycles. The number of benzene rings is 1. The highest BCUT2D eigenvalue weighted by molar-refractivity contribution is 5.94. The Hall–Kier alpha value is -3.02. The Balaban J connectivity index is 1.49. The van der Waals surface area contributed by atoms with E-state index in [-0.39, 0.29) is 11.8 Å². The SMILES string of the molecule is Cc1ccc(C(=O)N2CCC[C@H](c3nc(-c4ccccc4)n[nH]3)C2)cn1. The van der Waals surface area contributed by atoms with Crippen LogP contribution in [0.15, 0.2) is 48.7 Å². The van der Waals surface area contributed by atoms with Crippen molar-refractivity contribution in [1.29, 1.82) is 0 Å². The van der Waals surface area contributed by atoms with Crippen molar-refractivity contribution < 1.29 is 4.79 Å². The molecule has 132 valence electrons.